The third-order valence-corrected chi connectivity index (χ3v) is 1.13. The van der Waals surface area contributed by atoms with E-state index in [4.69, 9.17) is 5.41 Å². The minimum atomic E-state index is -0.128. The molecule has 0 atom stereocenters. The van der Waals surface area contributed by atoms with Crippen LogP contribution in [0.25, 0.3) is 0 Å². The van der Waals surface area contributed by atoms with Crippen LogP contribution in [0.3, 0.4) is 0 Å². The molecule has 0 saturated heterocycles. The van der Waals surface area contributed by atoms with Gasteiger partial charge in [-0.15, -0.1) is 0 Å². The quantitative estimate of drug-likeness (QED) is 0.493. The Bertz CT molecular complexity index is 158. The average molecular weight is 109 g/mol. The number of nitrogens with one attached hydrogen (secondary N) is 1. The summed E-state index contributed by atoms with van der Waals surface area (Å²) in [6.07, 6.45) is 4.74. The van der Waals surface area contributed by atoms with Crippen molar-refractivity contribution in [2.45, 2.75) is 12.8 Å². The highest BCUT2D eigenvalue weighted by Crippen LogP contribution is 2.01. The Balaban J connectivity index is 2.75. The molecule has 0 spiro atoms. The number of carbonyl (C=O) groups is 1. The van der Waals surface area contributed by atoms with E-state index < -0.39 is 0 Å². The lowest BCUT2D eigenvalue weighted by atomic mass is 10.1. The summed E-state index contributed by atoms with van der Waals surface area (Å²) in [4.78, 5) is 10.5. The van der Waals surface area contributed by atoms with Crippen LogP contribution in [0.5, 0.6) is 0 Å². The largest absolute Gasteiger partial charge is 0.301 e. The van der Waals surface area contributed by atoms with Crippen molar-refractivity contribution in [1.29, 1.82) is 5.41 Å². The van der Waals surface area contributed by atoms with Gasteiger partial charge in [0.15, 0.2) is 5.78 Å². The molecule has 1 aliphatic carbocycles. The molecule has 2 nitrogen and oxygen atoms in total. The molecule has 0 radical (unpaired) electrons. The lowest BCUT2D eigenvalue weighted by Crippen LogP contribution is -2.12. The molecular formula is C6H7NO. The summed E-state index contributed by atoms with van der Waals surface area (Å²) in [5, 5.41) is 6.99. The van der Waals surface area contributed by atoms with Gasteiger partial charge in [0.05, 0.1) is 5.71 Å². The van der Waals surface area contributed by atoms with Gasteiger partial charge in [0, 0.05) is 0 Å². The van der Waals surface area contributed by atoms with Crippen molar-refractivity contribution in [2.24, 2.45) is 0 Å². The Morgan fingerprint density at radius 2 is 2.38 bits per heavy atom. The van der Waals surface area contributed by atoms with Gasteiger partial charge < -0.3 is 5.41 Å². The van der Waals surface area contributed by atoms with E-state index in [1.165, 1.54) is 6.08 Å². The Kier molecular flexibility index (Phi) is 1.24. The summed E-state index contributed by atoms with van der Waals surface area (Å²) in [5.41, 5.74) is 0.243. The molecular weight excluding hydrogens is 102 g/mol. The van der Waals surface area contributed by atoms with Crippen LogP contribution in [-0.4, -0.2) is 11.5 Å². The zero-order valence-corrected chi connectivity index (χ0v) is 4.48. The van der Waals surface area contributed by atoms with Crippen molar-refractivity contribution < 1.29 is 4.79 Å². The smallest absolute Gasteiger partial charge is 0.198 e. The summed E-state index contributed by atoms with van der Waals surface area (Å²) >= 11 is 0. The molecule has 8 heavy (non-hydrogen) atoms. The van der Waals surface area contributed by atoms with Crippen LogP contribution in [0.15, 0.2) is 12.2 Å². The van der Waals surface area contributed by atoms with Crippen LogP contribution in [0, 0.1) is 5.41 Å². The Morgan fingerprint density at radius 1 is 1.62 bits per heavy atom. The van der Waals surface area contributed by atoms with Crippen molar-refractivity contribution in [2.75, 3.05) is 0 Å². The number of allylic oxidation sites excluding steroid dienone is 2. The fourth-order valence-electron chi connectivity index (χ4n) is 0.642. The van der Waals surface area contributed by atoms with E-state index in [1.807, 2.05) is 0 Å². The van der Waals surface area contributed by atoms with Crippen LogP contribution < -0.4 is 0 Å². The van der Waals surface area contributed by atoms with E-state index in [-0.39, 0.29) is 11.5 Å². The van der Waals surface area contributed by atoms with E-state index >= 15 is 0 Å². The van der Waals surface area contributed by atoms with Crippen LogP contribution in [0.2, 0.25) is 0 Å². The van der Waals surface area contributed by atoms with Gasteiger partial charge in [-0.05, 0) is 18.9 Å². The minimum absolute atomic E-state index is 0.128. The molecule has 1 N–H and O–H groups in total. The van der Waals surface area contributed by atoms with Crippen LogP contribution in [0.4, 0.5) is 0 Å². The maximum atomic E-state index is 10.5. The van der Waals surface area contributed by atoms with Gasteiger partial charge in [0.1, 0.15) is 0 Å². The lowest BCUT2D eigenvalue weighted by Gasteiger charge is -2.00. The van der Waals surface area contributed by atoms with Crippen LogP contribution in [0.1, 0.15) is 12.8 Å². The van der Waals surface area contributed by atoms with E-state index in [9.17, 15) is 4.79 Å². The number of hydrogen-bond acceptors (Lipinski definition) is 2. The first-order chi connectivity index (χ1) is 3.80. The van der Waals surface area contributed by atoms with Crippen LogP contribution >= 0.6 is 0 Å². The average Bonchev–Trinajstić information content (AvgIpc) is 1.77. The van der Waals surface area contributed by atoms with Crippen LogP contribution in [-0.2, 0) is 4.79 Å². The maximum absolute atomic E-state index is 10.5. The second-order valence-corrected chi connectivity index (χ2v) is 1.78. The van der Waals surface area contributed by atoms with E-state index in [2.05, 4.69) is 0 Å². The minimum Gasteiger partial charge on any atom is -0.301 e. The summed E-state index contributed by atoms with van der Waals surface area (Å²) < 4.78 is 0. The molecule has 42 valence electrons. The molecule has 0 amide bonds. The molecule has 0 aliphatic heterocycles. The number of carbonyl (C=O) groups excluding carboxylic acids is 1. The van der Waals surface area contributed by atoms with Gasteiger partial charge in [-0.1, -0.05) is 6.08 Å². The SMILES string of the molecule is N=C1CCC=CC1=O. The highest BCUT2D eigenvalue weighted by atomic mass is 16.1. The predicted molar refractivity (Wildman–Crippen MR) is 31.1 cm³/mol. The Hall–Kier alpha value is -0.920. The van der Waals surface area contributed by atoms with E-state index in [1.54, 1.807) is 6.08 Å². The monoisotopic (exact) mass is 109 g/mol. The van der Waals surface area contributed by atoms with Gasteiger partial charge in [-0.2, -0.15) is 0 Å². The summed E-state index contributed by atoms with van der Waals surface area (Å²) in [7, 11) is 0. The van der Waals surface area contributed by atoms with Gasteiger partial charge >= 0.3 is 0 Å². The molecule has 0 aromatic heterocycles. The molecule has 0 unspecified atom stereocenters. The molecule has 0 saturated carbocycles. The third kappa shape index (κ3) is 0.832. The second kappa shape index (κ2) is 1.90. The lowest BCUT2D eigenvalue weighted by molar-refractivity contribution is -0.109. The molecule has 0 aromatic rings. The zero-order valence-electron chi connectivity index (χ0n) is 4.48. The maximum Gasteiger partial charge on any atom is 0.198 e. The van der Waals surface area contributed by atoms with E-state index in [0.717, 1.165) is 6.42 Å². The number of ketones is 1. The standard InChI is InChI=1S/C6H7NO/c7-5-3-1-2-4-6(5)8/h2,4,7H,1,3H2. The fraction of sp³-hybridized carbons (Fsp3) is 0.333. The van der Waals surface area contributed by atoms with Crippen molar-refractivity contribution in [3.63, 3.8) is 0 Å². The predicted octanol–water partition coefficient (Wildman–Crippen LogP) is 0.925. The van der Waals surface area contributed by atoms with Gasteiger partial charge in [0.25, 0.3) is 0 Å². The van der Waals surface area contributed by atoms with Gasteiger partial charge in [0.2, 0.25) is 0 Å². The number of hydrogen-bond donors (Lipinski definition) is 1. The van der Waals surface area contributed by atoms with Crippen molar-refractivity contribution >= 4 is 11.5 Å². The highest BCUT2D eigenvalue weighted by molar-refractivity contribution is 6.43. The van der Waals surface area contributed by atoms with Crippen molar-refractivity contribution in [3.05, 3.63) is 12.2 Å². The molecule has 1 aliphatic rings. The summed E-state index contributed by atoms with van der Waals surface area (Å²) in [5.74, 6) is -0.128. The zero-order chi connectivity index (χ0) is 5.98. The molecule has 0 aromatic carbocycles. The molecule has 0 heterocycles. The summed E-state index contributed by atoms with van der Waals surface area (Å²) in [6, 6.07) is 0. The second-order valence-electron chi connectivity index (χ2n) is 1.78. The number of rotatable bonds is 0. The molecule has 2 heteroatoms. The first-order valence-electron chi connectivity index (χ1n) is 2.59. The third-order valence-electron chi connectivity index (χ3n) is 1.13. The molecule has 1 rings (SSSR count). The van der Waals surface area contributed by atoms with Crippen molar-refractivity contribution in [1.82, 2.24) is 0 Å². The normalized spacial score (nSPS) is 19.5. The Labute approximate surface area is 47.7 Å². The topological polar surface area (TPSA) is 40.9 Å². The summed E-state index contributed by atoms with van der Waals surface area (Å²) in [6.45, 7) is 0. The van der Waals surface area contributed by atoms with Crippen molar-refractivity contribution in [3.8, 4) is 0 Å². The highest BCUT2D eigenvalue weighted by Gasteiger charge is 2.07. The Morgan fingerprint density at radius 3 is 2.75 bits per heavy atom. The molecule has 0 fully saturated rings. The van der Waals surface area contributed by atoms with E-state index in [0.29, 0.717) is 6.42 Å². The van der Waals surface area contributed by atoms with Gasteiger partial charge in [-0.25, -0.2) is 0 Å². The molecule has 0 bridgehead atoms. The first-order valence-corrected chi connectivity index (χ1v) is 2.59. The fourth-order valence-corrected chi connectivity index (χ4v) is 0.642. The first kappa shape index (κ1) is 5.22. The van der Waals surface area contributed by atoms with Gasteiger partial charge in [-0.3, -0.25) is 4.79 Å².